The molecule has 0 saturated carbocycles. The van der Waals surface area contributed by atoms with E-state index in [-0.39, 0.29) is 0 Å². The summed E-state index contributed by atoms with van der Waals surface area (Å²) in [5.74, 6) is 6.20. The fourth-order valence-electron chi connectivity index (χ4n) is 2.27. The van der Waals surface area contributed by atoms with Crippen molar-refractivity contribution in [2.24, 2.45) is 5.84 Å². The first-order chi connectivity index (χ1) is 8.09. The molecular formula is C15H18N2. The first-order valence-electron chi connectivity index (χ1n) is 5.77. The van der Waals surface area contributed by atoms with E-state index in [9.17, 15) is 0 Å². The van der Waals surface area contributed by atoms with Crippen LogP contribution in [0.2, 0.25) is 0 Å². The number of para-hydroxylation sites is 1. The maximum Gasteiger partial charge on any atom is 0.0633 e. The number of rotatable bonds is 2. The van der Waals surface area contributed by atoms with Crippen molar-refractivity contribution in [2.45, 2.75) is 20.8 Å². The fourth-order valence-corrected chi connectivity index (χ4v) is 2.27. The molecule has 0 unspecified atom stereocenters. The van der Waals surface area contributed by atoms with Gasteiger partial charge in [0.1, 0.15) is 0 Å². The predicted octanol–water partition coefficient (Wildman–Crippen LogP) is 3.62. The lowest BCUT2D eigenvalue weighted by Crippen LogP contribution is -2.26. The number of hydrogen-bond donors (Lipinski definition) is 1. The van der Waals surface area contributed by atoms with Crippen molar-refractivity contribution in [2.75, 3.05) is 5.01 Å². The van der Waals surface area contributed by atoms with Crippen molar-refractivity contribution < 1.29 is 0 Å². The average Bonchev–Trinajstić information content (AvgIpc) is 2.28. The maximum absolute atomic E-state index is 6.20. The Bertz CT molecular complexity index is 495. The highest BCUT2D eigenvalue weighted by molar-refractivity contribution is 5.68. The Labute approximate surface area is 103 Å². The summed E-state index contributed by atoms with van der Waals surface area (Å²) in [6.45, 7) is 6.30. The van der Waals surface area contributed by atoms with Gasteiger partial charge in [-0.1, -0.05) is 35.9 Å². The lowest BCUT2D eigenvalue weighted by molar-refractivity contribution is 1.06. The van der Waals surface area contributed by atoms with Gasteiger partial charge in [-0.15, -0.1) is 0 Å². The highest BCUT2D eigenvalue weighted by Crippen LogP contribution is 2.29. The molecule has 0 spiro atoms. The van der Waals surface area contributed by atoms with E-state index in [1.54, 1.807) is 5.01 Å². The van der Waals surface area contributed by atoms with Gasteiger partial charge in [-0.3, -0.25) is 5.01 Å². The molecule has 17 heavy (non-hydrogen) atoms. The van der Waals surface area contributed by atoms with Crippen LogP contribution in [0, 0.1) is 20.8 Å². The van der Waals surface area contributed by atoms with E-state index in [1.165, 1.54) is 16.7 Å². The number of hydrogen-bond acceptors (Lipinski definition) is 2. The third-order valence-corrected chi connectivity index (χ3v) is 2.91. The van der Waals surface area contributed by atoms with E-state index in [0.29, 0.717) is 0 Å². The van der Waals surface area contributed by atoms with Gasteiger partial charge in [-0.2, -0.15) is 0 Å². The molecule has 2 aromatic carbocycles. The van der Waals surface area contributed by atoms with Crippen LogP contribution in [0.15, 0.2) is 42.5 Å². The van der Waals surface area contributed by atoms with Gasteiger partial charge in [0.05, 0.1) is 11.4 Å². The average molecular weight is 226 g/mol. The number of anilines is 2. The summed E-state index contributed by atoms with van der Waals surface area (Å²) in [4.78, 5) is 0. The highest BCUT2D eigenvalue weighted by atomic mass is 15.4. The van der Waals surface area contributed by atoms with Gasteiger partial charge >= 0.3 is 0 Å². The van der Waals surface area contributed by atoms with Gasteiger partial charge in [0.25, 0.3) is 0 Å². The molecule has 88 valence electrons. The fraction of sp³-hybridized carbons (Fsp3) is 0.200. The Kier molecular flexibility index (Phi) is 3.16. The van der Waals surface area contributed by atoms with E-state index < -0.39 is 0 Å². The molecule has 0 saturated heterocycles. The van der Waals surface area contributed by atoms with Crippen LogP contribution in [0.5, 0.6) is 0 Å². The Morgan fingerprint density at radius 3 is 1.94 bits per heavy atom. The SMILES string of the molecule is Cc1cc(C)c(N(N)c2ccccc2)c(C)c1. The third kappa shape index (κ3) is 2.32. The maximum atomic E-state index is 6.20. The van der Waals surface area contributed by atoms with E-state index >= 15 is 0 Å². The van der Waals surface area contributed by atoms with Crippen molar-refractivity contribution in [1.82, 2.24) is 0 Å². The lowest BCUT2D eigenvalue weighted by atomic mass is 10.0. The first-order valence-corrected chi connectivity index (χ1v) is 5.77. The van der Waals surface area contributed by atoms with E-state index in [2.05, 4.69) is 32.9 Å². The monoisotopic (exact) mass is 226 g/mol. The van der Waals surface area contributed by atoms with Crippen molar-refractivity contribution >= 4 is 11.4 Å². The molecule has 0 bridgehead atoms. The minimum atomic E-state index is 1.00. The number of hydrazine groups is 1. The standard InChI is InChI=1S/C15H18N2/c1-11-9-12(2)15(13(3)10-11)17(16)14-7-5-4-6-8-14/h4-10H,16H2,1-3H3. The van der Waals surface area contributed by atoms with Crippen molar-refractivity contribution in [3.8, 4) is 0 Å². The van der Waals surface area contributed by atoms with Gasteiger partial charge in [0, 0.05) is 0 Å². The van der Waals surface area contributed by atoms with Crippen molar-refractivity contribution in [1.29, 1.82) is 0 Å². The third-order valence-electron chi connectivity index (χ3n) is 2.91. The topological polar surface area (TPSA) is 29.3 Å². The molecule has 0 aliphatic rings. The summed E-state index contributed by atoms with van der Waals surface area (Å²) in [5, 5.41) is 1.75. The summed E-state index contributed by atoms with van der Waals surface area (Å²) < 4.78 is 0. The van der Waals surface area contributed by atoms with Gasteiger partial charge in [-0.05, 0) is 44.0 Å². The predicted molar refractivity (Wildman–Crippen MR) is 73.4 cm³/mol. The van der Waals surface area contributed by atoms with E-state index in [1.807, 2.05) is 30.3 Å². The van der Waals surface area contributed by atoms with Crippen LogP contribution in [0.4, 0.5) is 11.4 Å². The van der Waals surface area contributed by atoms with Crippen LogP contribution in [-0.4, -0.2) is 0 Å². The van der Waals surface area contributed by atoms with Crippen LogP contribution >= 0.6 is 0 Å². The second-order valence-electron chi connectivity index (χ2n) is 4.45. The van der Waals surface area contributed by atoms with E-state index in [4.69, 9.17) is 5.84 Å². The summed E-state index contributed by atoms with van der Waals surface area (Å²) in [6, 6.07) is 14.3. The Morgan fingerprint density at radius 2 is 1.41 bits per heavy atom. The van der Waals surface area contributed by atoms with Crippen LogP contribution in [0.3, 0.4) is 0 Å². The molecule has 0 aliphatic heterocycles. The van der Waals surface area contributed by atoms with Crippen LogP contribution < -0.4 is 10.9 Å². The quantitative estimate of drug-likeness (QED) is 0.626. The molecule has 0 radical (unpaired) electrons. The summed E-state index contributed by atoms with van der Waals surface area (Å²) in [5.41, 5.74) is 5.76. The molecule has 0 aromatic heterocycles. The van der Waals surface area contributed by atoms with Gasteiger partial charge in [-0.25, -0.2) is 5.84 Å². The molecule has 0 heterocycles. The molecule has 0 amide bonds. The molecule has 2 rings (SSSR count). The summed E-state index contributed by atoms with van der Waals surface area (Å²) in [6.07, 6.45) is 0. The van der Waals surface area contributed by atoms with Gasteiger partial charge in [0.15, 0.2) is 0 Å². The zero-order valence-electron chi connectivity index (χ0n) is 10.6. The zero-order valence-corrected chi connectivity index (χ0v) is 10.6. The molecule has 0 fully saturated rings. The molecule has 2 nitrogen and oxygen atoms in total. The number of benzene rings is 2. The van der Waals surface area contributed by atoms with Gasteiger partial charge in [0.2, 0.25) is 0 Å². The number of nitrogens with zero attached hydrogens (tertiary/aromatic N) is 1. The molecule has 2 N–H and O–H groups in total. The minimum Gasteiger partial charge on any atom is -0.279 e. The Morgan fingerprint density at radius 1 is 0.882 bits per heavy atom. The Balaban J connectivity index is 2.48. The zero-order chi connectivity index (χ0) is 12.4. The summed E-state index contributed by atoms with van der Waals surface area (Å²) in [7, 11) is 0. The van der Waals surface area contributed by atoms with Crippen LogP contribution in [0.1, 0.15) is 16.7 Å². The van der Waals surface area contributed by atoms with Crippen LogP contribution in [0.25, 0.3) is 0 Å². The summed E-state index contributed by atoms with van der Waals surface area (Å²) >= 11 is 0. The normalized spacial score (nSPS) is 10.4. The molecule has 0 atom stereocenters. The highest BCUT2D eigenvalue weighted by Gasteiger charge is 2.10. The van der Waals surface area contributed by atoms with Gasteiger partial charge < -0.3 is 0 Å². The molecular weight excluding hydrogens is 208 g/mol. The minimum absolute atomic E-state index is 1.00. The van der Waals surface area contributed by atoms with Crippen molar-refractivity contribution in [3.63, 3.8) is 0 Å². The first kappa shape index (κ1) is 11.7. The number of aryl methyl sites for hydroxylation is 3. The Hall–Kier alpha value is -1.80. The van der Waals surface area contributed by atoms with Crippen molar-refractivity contribution in [3.05, 3.63) is 59.2 Å². The molecule has 0 aliphatic carbocycles. The number of nitrogens with two attached hydrogens (primary N) is 1. The molecule has 2 heteroatoms. The largest absolute Gasteiger partial charge is 0.279 e. The van der Waals surface area contributed by atoms with E-state index in [0.717, 1.165) is 11.4 Å². The molecule has 2 aromatic rings. The second kappa shape index (κ2) is 4.60. The van der Waals surface area contributed by atoms with Crippen LogP contribution in [-0.2, 0) is 0 Å². The smallest absolute Gasteiger partial charge is 0.0633 e. The lowest BCUT2D eigenvalue weighted by Gasteiger charge is -2.23. The second-order valence-corrected chi connectivity index (χ2v) is 4.45.